The van der Waals surface area contributed by atoms with Gasteiger partial charge in [-0.1, -0.05) is 81.4 Å². The van der Waals surface area contributed by atoms with Crippen LogP contribution in [0.15, 0.2) is 60.7 Å². The van der Waals surface area contributed by atoms with E-state index < -0.39 is 9.04 Å². The van der Waals surface area contributed by atoms with Crippen molar-refractivity contribution >= 4 is 25.2 Å². The van der Waals surface area contributed by atoms with Gasteiger partial charge in [-0.25, -0.2) is 0 Å². The predicted molar refractivity (Wildman–Crippen MR) is 101 cm³/mol. The first-order valence-electron chi connectivity index (χ1n) is 8.75. The number of carbonyl (C=O) groups excluding carboxylic acids is 1. The molecular weight excluding hydrogens is 312 g/mol. The maximum atomic E-state index is 12.1. The van der Waals surface area contributed by atoms with Crippen molar-refractivity contribution in [3.05, 3.63) is 60.7 Å². The molecule has 0 saturated heterocycles. The molecule has 2 aromatic rings. The van der Waals surface area contributed by atoms with E-state index in [1.54, 1.807) is 0 Å². The third kappa shape index (κ3) is 3.68. The van der Waals surface area contributed by atoms with Crippen molar-refractivity contribution < 1.29 is 9.22 Å². The van der Waals surface area contributed by atoms with Gasteiger partial charge in [0.2, 0.25) is 9.04 Å². The lowest BCUT2D eigenvalue weighted by Gasteiger charge is -2.42. The van der Waals surface area contributed by atoms with Crippen molar-refractivity contribution in [3.63, 3.8) is 0 Å². The van der Waals surface area contributed by atoms with Gasteiger partial charge in [0.1, 0.15) is 5.78 Å². The molecule has 2 aromatic carbocycles. The largest absolute Gasteiger partial charge is 0.407 e. The summed E-state index contributed by atoms with van der Waals surface area (Å²) in [5, 5.41) is 2.54. The van der Waals surface area contributed by atoms with Crippen molar-refractivity contribution in [2.45, 2.75) is 39.7 Å². The second-order valence-corrected chi connectivity index (χ2v) is 10.1. The Bertz CT molecular complexity index is 636. The number of ketones is 1. The van der Waals surface area contributed by atoms with E-state index in [2.05, 4.69) is 69.3 Å². The number of Topliss-reactive ketones (excluding diaryl/α,β-unsaturated/α-hetero) is 1. The molecule has 3 rings (SSSR count). The molecule has 0 aliphatic heterocycles. The molecule has 0 N–H and O–H groups in total. The van der Waals surface area contributed by atoms with E-state index in [4.69, 9.17) is 4.43 Å². The fraction of sp³-hybridized carbons (Fsp3) is 0.381. The smallest absolute Gasteiger partial charge is 0.240 e. The molecule has 0 aromatic heterocycles. The molecule has 0 radical (unpaired) electrons. The summed E-state index contributed by atoms with van der Waals surface area (Å²) in [6.45, 7) is 6.56. The minimum atomic E-state index is -1.82. The SMILES string of the molecule is CC(C)(C)C(O[SiH](c1ccccc1)c1ccccc1)C1CCC1=O. The fourth-order valence-corrected chi connectivity index (χ4v) is 6.14. The predicted octanol–water partition coefficient (Wildman–Crippen LogP) is 2.94. The second-order valence-electron chi connectivity index (χ2n) is 7.74. The summed E-state index contributed by atoms with van der Waals surface area (Å²) < 4.78 is 6.78. The Hall–Kier alpha value is -1.71. The van der Waals surface area contributed by atoms with Gasteiger partial charge in [-0.05, 0) is 22.2 Å². The maximum absolute atomic E-state index is 12.1. The zero-order valence-corrected chi connectivity index (χ0v) is 15.9. The molecule has 1 aliphatic carbocycles. The lowest BCUT2D eigenvalue weighted by molar-refractivity contribution is -0.137. The first-order valence-corrected chi connectivity index (χ1v) is 10.4. The maximum Gasteiger partial charge on any atom is 0.240 e. The molecule has 24 heavy (non-hydrogen) atoms. The van der Waals surface area contributed by atoms with Crippen LogP contribution in [0.2, 0.25) is 0 Å². The van der Waals surface area contributed by atoms with Gasteiger partial charge in [-0.3, -0.25) is 4.79 Å². The standard InChI is InChI=1S/C21H26O2Si/c1-21(2,3)20(18-14-15-19(18)22)23-24(16-10-6-4-7-11-16)17-12-8-5-9-13-17/h4-13,18,20,24H,14-15H2,1-3H3. The topological polar surface area (TPSA) is 26.3 Å². The Morgan fingerprint density at radius 1 is 0.958 bits per heavy atom. The van der Waals surface area contributed by atoms with E-state index in [9.17, 15) is 4.79 Å². The van der Waals surface area contributed by atoms with E-state index in [0.29, 0.717) is 12.2 Å². The zero-order valence-electron chi connectivity index (χ0n) is 14.7. The van der Waals surface area contributed by atoms with E-state index in [1.807, 2.05) is 12.1 Å². The van der Waals surface area contributed by atoms with Gasteiger partial charge < -0.3 is 4.43 Å². The molecule has 3 heteroatoms. The molecule has 1 fully saturated rings. The number of hydrogen-bond donors (Lipinski definition) is 0. The van der Waals surface area contributed by atoms with Gasteiger partial charge in [-0.2, -0.15) is 0 Å². The van der Waals surface area contributed by atoms with Crippen LogP contribution in [0.25, 0.3) is 0 Å². The Kier molecular flexibility index (Phi) is 5.02. The quantitative estimate of drug-likeness (QED) is 0.784. The number of hydrogen-bond acceptors (Lipinski definition) is 2. The lowest BCUT2D eigenvalue weighted by Crippen LogP contribution is -2.54. The van der Waals surface area contributed by atoms with Gasteiger partial charge in [0.05, 0.1) is 6.10 Å². The molecule has 0 spiro atoms. The van der Waals surface area contributed by atoms with Crippen LogP contribution in [-0.4, -0.2) is 20.9 Å². The molecule has 2 atom stereocenters. The highest BCUT2D eigenvalue weighted by atomic mass is 28.3. The summed E-state index contributed by atoms with van der Waals surface area (Å²) in [4.78, 5) is 12.1. The van der Waals surface area contributed by atoms with Gasteiger partial charge in [0.15, 0.2) is 0 Å². The summed E-state index contributed by atoms with van der Waals surface area (Å²) in [6.07, 6.45) is 1.66. The van der Waals surface area contributed by atoms with Crippen molar-refractivity contribution in [2.24, 2.45) is 11.3 Å². The van der Waals surface area contributed by atoms with E-state index in [-0.39, 0.29) is 17.4 Å². The van der Waals surface area contributed by atoms with Crippen molar-refractivity contribution in [1.82, 2.24) is 0 Å². The van der Waals surface area contributed by atoms with Crippen LogP contribution in [0, 0.1) is 11.3 Å². The number of carbonyl (C=O) groups is 1. The van der Waals surface area contributed by atoms with Crippen molar-refractivity contribution in [3.8, 4) is 0 Å². The third-order valence-corrected chi connectivity index (χ3v) is 7.37. The van der Waals surface area contributed by atoms with Gasteiger partial charge in [-0.15, -0.1) is 0 Å². The number of rotatable bonds is 5. The summed E-state index contributed by atoms with van der Waals surface area (Å²) in [5.41, 5.74) is -0.0461. The molecule has 1 aliphatic rings. The van der Waals surface area contributed by atoms with Gasteiger partial charge in [0.25, 0.3) is 0 Å². The monoisotopic (exact) mass is 338 g/mol. The third-order valence-electron chi connectivity index (χ3n) is 4.82. The first kappa shape index (κ1) is 17.1. The van der Waals surface area contributed by atoms with E-state index in [0.717, 1.165) is 6.42 Å². The van der Waals surface area contributed by atoms with E-state index >= 15 is 0 Å². The normalized spacial score (nSPS) is 19.2. The minimum Gasteiger partial charge on any atom is -0.407 e. The molecule has 0 heterocycles. The molecular formula is C21H26O2Si. The molecule has 126 valence electrons. The van der Waals surface area contributed by atoms with Crippen LogP contribution in [0.5, 0.6) is 0 Å². The van der Waals surface area contributed by atoms with Gasteiger partial charge >= 0.3 is 0 Å². The molecule has 2 nitrogen and oxygen atoms in total. The summed E-state index contributed by atoms with van der Waals surface area (Å²) in [6, 6.07) is 21.0. The Balaban J connectivity index is 1.94. The number of benzene rings is 2. The van der Waals surface area contributed by atoms with Crippen molar-refractivity contribution in [2.75, 3.05) is 0 Å². The van der Waals surface area contributed by atoms with Crippen LogP contribution in [0.4, 0.5) is 0 Å². The molecule has 0 bridgehead atoms. The van der Waals surface area contributed by atoms with Crippen LogP contribution in [0.3, 0.4) is 0 Å². The van der Waals surface area contributed by atoms with Crippen LogP contribution < -0.4 is 10.4 Å². The summed E-state index contributed by atoms with van der Waals surface area (Å²) >= 11 is 0. The average Bonchev–Trinajstić information content (AvgIpc) is 2.57. The second kappa shape index (κ2) is 7.04. The van der Waals surface area contributed by atoms with Crippen LogP contribution in [0.1, 0.15) is 33.6 Å². The highest BCUT2D eigenvalue weighted by Gasteiger charge is 2.43. The molecule has 2 unspecified atom stereocenters. The Labute approximate surface area is 146 Å². The van der Waals surface area contributed by atoms with Crippen molar-refractivity contribution in [1.29, 1.82) is 0 Å². The molecule has 0 amide bonds. The molecule has 1 saturated carbocycles. The van der Waals surface area contributed by atoms with Crippen LogP contribution in [-0.2, 0) is 9.22 Å². The Morgan fingerprint density at radius 2 is 1.46 bits per heavy atom. The lowest BCUT2D eigenvalue weighted by atomic mass is 9.71. The highest BCUT2D eigenvalue weighted by Crippen LogP contribution is 2.37. The highest BCUT2D eigenvalue weighted by molar-refractivity contribution is 6.80. The zero-order chi connectivity index (χ0) is 17.2. The summed E-state index contributed by atoms with van der Waals surface area (Å²) in [7, 11) is -1.82. The van der Waals surface area contributed by atoms with Crippen LogP contribution >= 0.6 is 0 Å². The minimum absolute atomic E-state index is 0.0178. The summed E-state index contributed by atoms with van der Waals surface area (Å²) in [5.74, 6) is 0.427. The average molecular weight is 339 g/mol. The fourth-order valence-electron chi connectivity index (χ4n) is 3.40. The van der Waals surface area contributed by atoms with E-state index in [1.165, 1.54) is 10.4 Å². The Morgan fingerprint density at radius 3 is 1.79 bits per heavy atom. The van der Waals surface area contributed by atoms with Gasteiger partial charge in [0, 0.05) is 12.3 Å². The first-order chi connectivity index (χ1) is 11.5.